The van der Waals surface area contributed by atoms with Crippen molar-refractivity contribution in [2.75, 3.05) is 20.3 Å². The number of hydrogen-bond donors (Lipinski definition) is 0. The first-order valence-electron chi connectivity index (χ1n) is 10.5. The summed E-state index contributed by atoms with van der Waals surface area (Å²) in [6, 6.07) is 7.67. The minimum atomic E-state index is -4.35. The average Bonchev–Trinajstić information content (AvgIpc) is 3.05. The highest BCUT2D eigenvalue weighted by Gasteiger charge is 2.34. The van der Waals surface area contributed by atoms with Crippen LogP contribution >= 0.6 is 0 Å². The molecule has 0 spiro atoms. The van der Waals surface area contributed by atoms with Gasteiger partial charge >= 0.3 is 6.18 Å². The Morgan fingerprint density at radius 1 is 1.19 bits per heavy atom. The molecular weight excluding hydrogens is 423 g/mol. The number of halogens is 3. The Hall–Kier alpha value is -2.65. The predicted molar refractivity (Wildman–Crippen MR) is 115 cm³/mol. The molecule has 1 aromatic carbocycles. The van der Waals surface area contributed by atoms with Crippen LogP contribution in [0.3, 0.4) is 0 Å². The normalized spacial score (nSPS) is 18.8. The van der Waals surface area contributed by atoms with Crippen LogP contribution in [0.2, 0.25) is 0 Å². The van der Waals surface area contributed by atoms with E-state index >= 15 is 0 Å². The first-order valence-corrected chi connectivity index (χ1v) is 10.5. The van der Waals surface area contributed by atoms with Crippen molar-refractivity contribution in [3.05, 3.63) is 52.2 Å². The number of benzene rings is 1. The third-order valence-electron chi connectivity index (χ3n) is 5.99. The molecule has 0 atom stereocenters. The molecule has 0 radical (unpaired) electrons. The molecule has 9 heteroatoms. The van der Waals surface area contributed by atoms with Crippen LogP contribution in [-0.4, -0.2) is 46.7 Å². The number of nitrogens with zero attached hydrogens (tertiary/aromatic N) is 3. The zero-order valence-corrected chi connectivity index (χ0v) is 18.3. The zero-order chi connectivity index (χ0) is 23.0. The Kier molecular flexibility index (Phi) is 6.13. The van der Waals surface area contributed by atoms with Crippen LogP contribution in [0, 0.1) is 6.92 Å². The molecule has 32 heavy (non-hydrogen) atoms. The lowest BCUT2D eigenvalue weighted by Crippen LogP contribution is -2.31. The molecule has 6 nitrogen and oxygen atoms in total. The topological polar surface area (TPSA) is 58.3 Å². The molecule has 2 aromatic heterocycles. The number of alkyl halides is 3. The molecule has 0 amide bonds. The number of aryl methyl sites for hydroxylation is 2. The fourth-order valence-electron chi connectivity index (χ4n) is 4.22. The van der Waals surface area contributed by atoms with Gasteiger partial charge in [-0.2, -0.15) is 13.2 Å². The van der Waals surface area contributed by atoms with Crippen LogP contribution < -0.4 is 5.56 Å². The Morgan fingerprint density at radius 3 is 2.59 bits per heavy atom. The van der Waals surface area contributed by atoms with E-state index in [-0.39, 0.29) is 30.7 Å². The van der Waals surface area contributed by atoms with E-state index in [1.165, 1.54) is 0 Å². The van der Waals surface area contributed by atoms with Gasteiger partial charge in [0.1, 0.15) is 12.4 Å². The highest BCUT2D eigenvalue weighted by Crippen LogP contribution is 2.39. The Morgan fingerprint density at radius 2 is 1.94 bits per heavy atom. The van der Waals surface area contributed by atoms with Gasteiger partial charge in [-0.15, -0.1) is 0 Å². The van der Waals surface area contributed by atoms with Gasteiger partial charge in [-0.25, -0.2) is 4.98 Å². The summed E-state index contributed by atoms with van der Waals surface area (Å²) in [4.78, 5) is 16.8. The first-order chi connectivity index (χ1) is 15.2. The van der Waals surface area contributed by atoms with Gasteiger partial charge in [0.05, 0.1) is 23.7 Å². The van der Waals surface area contributed by atoms with E-state index in [2.05, 4.69) is 0 Å². The number of fused-ring (bicyclic) bond motifs is 1. The lowest BCUT2D eigenvalue weighted by atomic mass is 9.81. The van der Waals surface area contributed by atoms with E-state index in [4.69, 9.17) is 14.5 Å². The number of methoxy groups -OCH3 is 1. The number of hydrogen-bond acceptors (Lipinski definition) is 4. The van der Waals surface area contributed by atoms with Crippen molar-refractivity contribution in [2.45, 2.75) is 44.5 Å². The summed E-state index contributed by atoms with van der Waals surface area (Å²) >= 11 is 0. The second-order valence-electron chi connectivity index (χ2n) is 8.35. The maximum absolute atomic E-state index is 12.5. The molecule has 1 fully saturated rings. The summed E-state index contributed by atoms with van der Waals surface area (Å²) < 4.78 is 51.2. The Bertz CT molecular complexity index is 1150. The largest absolute Gasteiger partial charge is 0.411 e. The van der Waals surface area contributed by atoms with E-state index in [0.29, 0.717) is 5.56 Å². The third-order valence-corrected chi connectivity index (χ3v) is 5.99. The quantitative estimate of drug-likeness (QED) is 0.508. The summed E-state index contributed by atoms with van der Waals surface area (Å²) in [7, 11) is 3.39. The van der Waals surface area contributed by atoms with Gasteiger partial charge in [-0.1, -0.05) is 6.07 Å². The first kappa shape index (κ1) is 22.5. The molecule has 172 valence electrons. The summed E-state index contributed by atoms with van der Waals surface area (Å²) in [5.74, 6) is 1.04. The lowest BCUT2D eigenvalue weighted by Gasteiger charge is -2.33. The monoisotopic (exact) mass is 449 g/mol. The van der Waals surface area contributed by atoms with Crippen molar-refractivity contribution < 1.29 is 22.6 Å². The number of ether oxygens (including phenoxy) is 2. The van der Waals surface area contributed by atoms with Crippen LogP contribution in [0.1, 0.15) is 30.1 Å². The molecule has 0 N–H and O–H groups in total. The van der Waals surface area contributed by atoms with Gasteiger partial charge in [0.15, 0.2) is 0 Å². The second-order valence-corrected chi connectivity index (χ2v) is 8.35. The molecule has 0 unspecified atom stereocenters. The summed E-state index contributed by atoms with van der Waals surface area (Å²) in [6.45, 7) is 0.702. The van der Waals surface area contributed by atoms with Gasteiger partial charge < -0.3 is 18.6 Å². The van der Waals surface area contributed by atoms with Crippen molar-refractivity contribution in [1.82, 2.24) is 14.1 Å². The second kappa shape index (κ2) is 8.71. The van der Waals surface area contributed by atoms with Gasteiger partial charge in [-0.3, -0.25) is 4.79 Å². The maximum atomic E-state index is 12.5. The van der Waals surface area contributed by atoms with E-state index in [9.17, 15) is 18.0 Å². The smallest absolute Gasteiger partial charge is 0.381 e. The van der Waals surface area contributed by atoms with E-state index in [1.807, 2.05) is 28.8 Å². The lowest BCUT2D eigenvalue weighted by molar-refractivity contribution is -0.174. The van der Waals surface area contributed by atoms with Crippen LogP contribution in [0.25, 0.3) is 22.2 Å². The van der Waals surface area contributed by atoms with Gasteiger partial charge in [0.25, 0.3) is 5.56 Å². The van der Waals surface area contributed by atoms with E-state index < -0.39 is 12.8 Å². The van der Waals surface area contributed by atoms with Crippen LogP contribution in [0.4, 0.5) is 13.2 Å². The van der Waals surface area contributed by atoms with Crippen LogP contribution in [0.5, 0.6) is 0 Å². The van der Waals surface area contributed by atoms with Crippen molar-refractivity contribution in [3.8, 4) is 11.1 Å². The summed E-state index contributed by atoms with van der Waals surface area (Å²) in [5.41, 5.74) is 3.99. The maximum Gasteiger partial charge on any atom is 0.411 e. The van der Waals surface area contributed by atoms with Crippen molar-refractivity contribution in [1.29, 1.82) is 0 Å². The van der Waals surface area contributed by atoms with Crippen molar-refractivity contribution in [2.24, 2.45) is 7.05 Å². The highest BCUT2D eigenvalue weighted by molar-refractivity contribution is 5.82. The summed E-state index contributed by atoms with van der Waals surface area (Å²) in [6.07, 6.45) is -0.738. The molecule has 4 rings (SSSR count). The number of pyridine rings is 1. The molecule has 2 heterocycles. The number of imidazole rings is 1. The molecule has 1 aliphatic rings. The van der Waals surface area contributed by atoms with E-state index in [1.54, 1.807) is 31.8 Å². The van der Waals surface area contributed by atoms with Crippen molar-refractivity contribution in [3.63, 3.8) is 0 Å². The van der Waals surface area contributed by atoms with Crippen molar-refractivity contribution >= 4 is 11.0 Å². The highest BCUT2D eigenvalue weighted by atomic mass is 19.4. The third kappa shape index (κ3) is 4.59. The van der Waals surface area contributed by atoms with E-state index in [0.717, 1.165) is 40.8 Å². The molecule has 0 bridgehead atoms. The average molecular weight is 449 g/mol. The minimum absolute atomic E-state index is 0.0540. The Labute approximate surface area is 183 Å². The molecule has 3 aromatic rings. The number of aromatic nitrogens is 3. The van der Waals surface area contributed by atoms with Gasteiger partial charge in [-0.05, 0) is 49.1 Å². The summed E-state index contributed by atoms with van der Waals surface area (Å²) in [5, 5.41) is 0. The Balaban J connectivity index is 1.69. The molecular formula is C23H26F3N3O3. The molecule has 0 saturated heterocycles. The van der Waals surface area contributed by atoms with Crippen LogP contribution in [0.15, 0.2) is 35.3 Å². The fraction of sp³-hybridized carbons (Fsp3) is 0.478. The fourth-order valence-corrected chi connectivity index (χ4v) is 4.22. The molecule has 1 aliphatic carbocycles. The minimum Gasteiger partial charge on any atom is -0.381 e. The van der Waals surface area contributed by atoms with Gasteiger partial charge in [0, 0.05) is 38.4 Å². The van der Waals surface area contributed by atoms with Gasteiger partial charge in [0.2, 0.25) is 0 Å². The SMILES string of the molecule is COC1CC(c2nc3ccc(-c4cc(C)c(=O)n(C)c4)cc3n2CCOCC(F)(F)F)C1. The molecule has 1 saturated carbocycles. The zero-order valence-electron chi connectivity index (χ0n) is 18.3. The predicted octanol–water partition coefficient (Wildman–Crippen LogP) is 4.18. The van der Waals surface area contributed by atoms with Crippen LogP contribution in [-0.2, 0) is 23.1 Å². The standard InChI is InChI=1S/C23H26F3N3O3/c1-14-8-17(12-28(2)22(14)30)15-4-5-19-20(11-15)29(6-7-32-13-23(24,25)26)21(27-19)16-9-18(10-16)31-3/h4-5,8,11-12,16,18H,6-7,9-10,13H2,1-3H3. The molecule has 0 aliphatic heterocycles. The number of rotatable bonds is 7.